The molecule has 20 heavy (non-hydrogen) atoms. The first-order valence-electron chi connectivity index (χ1n) is 7.35. The van der Waals surface area contributed by atoms with E-state index < -0.39 is 0 Å². The second-order valence-electron chi connectivity index (χ2n) is 5.74. The van der Waals surface area contributed by atoms with Crippen molar-refractivity contribution in [2.75, 3.05) is 12.8 Å². The summed E-state index contributed by atoms with van der Waals surface area (Å²) in [7, 11) is 1.87. The van der Waals surface area contributed by atoms with E-state index in [2.05, 4.69) is 6.92 Å². The smallest absolute Gasteiger partial charge is 0.255 e. The number of amides is 1. The fourth-order valence-electron chi connectivity index (χ4n) is 3.00. The minimum absolute atomic E-state index is 0.0257. The summed E-state index contributed by atoms with van der Waals surface area (Å²) in [5.41, 5.74) is 6.83. The Hall–Kier alpha value is -1.22. The normalized spacial score (nSPS) is 22.6. The van der Waals surface area contributed by atoms with E-state index in [-0.39, 0.29) is 5.91 Å². The molecule has 0 aliphatic heterocycles. The highest BCUT2D eigenvalue weighted by molar-refractivity contribution is 6.34. The molecule has 1 amide bonds. The summed E-state index contributed by atoms with van der Waals surface area (Å²) in [4.78, 5) is 14.4. The molecule has 1 aromatic carbocycles. The molecule has 1 saturated carbocycles. The Morgan fingerprint density at radius 1 is 1.35 bits per heavy atom. The van der Waals surface area contributed by atoms with Gasteiger partial charge in [-0.05, 0) is 49.8 Å². The Kier molecular flexibility index (Phi) is 4.92. The van der Waals surface area contributed by atoms with Gasteiger partial charge in [-0.2, -0.15) is 0 Å². The number of hydrogen-bond donors (Lipinski definition) is 1. The summed E-state index contributed by atoms with van der Waals surface area (Å²) in [5.74, 6) is 0.799. The molecule has 1 aliphatic carbocycles. The molecule has 1 aliphatic rings. The van der Waals surface area contributed by atoms with Crippen LogP contribution in [-0.2, 0) is 0 Å². The molecule has 0 saturated heterocycles. The van der Waals surface area contributed by atoms with Gasteiger partial charge in [0, 0.05) is 18.8 Å². The first kappa shape index (κ1) is 15.2. The van der Waals surface area contributed by atoms with Gasteiger partial charge in [0.1, 0.15) is 0 Å². The summed E-state index contributed by atoms with van der Waals surface area (Å²) in [6, 6.07) is 5.39. The van der Waals surface area contributed by atoms with Gasteiger partial charge in [0.25, 0.3) is 5.91 Å². The van der Waals surface area contributed by atoms with Gasteiger partial charge in [0.05, 0.1) is 10.6 Å². The Labute approximate surface area is 126 Å². The highest BCUT2D eigenvalue weighted by Crippen LogP contribution is 2.30. The van der Waals surface area contributed by atoms with Crippen molar-refractivity contribution in [2.24, 2.45) is 5.92 Å². The third-order valence-electron chi connectivity index (χ3n) is 4.48. The second kappa shape index (κ2) is 6.49. The van der Waals surface area contributed by atoms with Crippen LogP contribution in [0.3, 0.4) is 0 Å². The van der Waals surface area contributed by atoms with Crippen molar-refractivity contribution in [3.8, 4) is 0 Å². The number of nitrogens with zero attached hydrogens (tertiary/aromatic N) is 1. The summed E-state index contributed by atoms with van der Waals surface area (Å²) >= 11 is 6.12. The van der Waals surface area contributed by atoms with Crippen LogP contribution in [0.25, 0.3) is 0 Å². The van der Waals surface area contributed by atoms with Crippen LogP contribution in [0.1, 0.15) is 49.4 Å². The van der Waals surface area contributed by atoms with E-state index in [0.29, 0.717) is 22.3 Å². The van der Waals surface area contributed by atoms with Crippen LogP contribution in [-0.4, -0.2) is 23.9 Å². The number of halogens is 1. The maximum absolute atomic E-state index is 12.6. The molecule has 0 atom stereocenters. The fourth-order valence-corrected chi connectivity index (χ4v) is 3.20. The molecule has 0 aromatic heterocycles. The zero-order valence-electron chi connectivity index (χ0n) is 12.2. The molecule has 4 heteroatoms. The Bertz CT molecular complexity index is 481. The predicted molar refractivity (Wildman–Crippen MR) is 84.0 cm³/mol. The van der Waals surface area contributed by atoms with Crippen LogP contribution in [0.2, 0.25) is 5.02 Å². The van der Waals surface area contributed by atoms with Crippen LogP contribution in [0.4, 0.5) is 5.69 Å². The molecule has 2 N–H and O–H groups in total. The van der Waals surface area contributed by atoms with Crippen molar-refractivity contribution in [1.82, 2.24) is 4.90 Å². The van der Waals surface area contributed by atoms with E-state index in [1.807, 2.05) is 11.9 Å². The van der Waals surface area contributed by atoms with Gasteiger partial charge < -0.3 is 10.6 Å². The third-order valence-corrected chi connectivity index (χ3v) is 4.81. The summed E-state index contributed by atoms with van der Waals surface area (Å²) in [6.07, 6.45) is 5.83. The van der Waals surface area contributed by atoms with E-state index in [9.17, 15) is 4.79 Å². The van der Waals surface area contributed by atoms with Crippen LogP contribution >= 0.6 is 11.6 Å². The maximum atomic E-state index is 12.6. The fraction of sp³-hybridized carbons (Fsp3) is 0.562. The van der Waals surface area contributed by atoms with E-state index >= 15 is 0 Å². The molecule has 0 heterocycles. The van der Waals surface area contributed by atoms with Crippen molar-refractivity contribution >= 4 is 23.2 Å². The lowest BCUT2D eigenvalue weighted by atomic mass is 9.84. The standard InChI is InChI=1S/C16H23ClN2O/c1-3-11-4-7-13(8-5-11)19(2)16(20)14-10-12(18)6-9-15(14)17/h6,9-11,13H,3-5,7-8,18H2,1-2H3. The van der Waals surface area contributed by atoms with E-state index in [1.54, 1.807) is 18.2 Å². The van der Waals surface area contributed by atoms with Crippen LogP contribution < -0.4 is 5.73 Å². The zero-order chi connectivity index (χ0) is 14.7. The molecule has 0 bridgehead atoms. The van der Waals surface area contributed by atoms with E-state index in [1.165, 1.54) is 19.3 Å². The first-order valence-corrected chi connectivity index (χ1v) is 7.73. The van der Waals surface area contributed by atoms with Crippen molar-refractivity contribution in [1.29, 1.82) is 0 Å². The molecule has 2 rings (SSSR count). The molecule has 110 valence electrons. The van der Waals surface area contributed by atoms with Gasteiger partial charge in [0.2, 0.25) is 0 Å². The minimum Gasteiger partial charge on any atom is -0.399 e. The Morgan fingerprint density at radius 3 is 2.60 bits per heavy atom. The number of nitrogen functional groups attached to an aromatic ring is 1. The quantitative estimate of drug-likeness (QED) is 0.858. The summed E-state index contributed by atoms with van der Waals surface area (Å²) in [6.45, 7) is 2.24. The van der Waals surface area contributed by atoms with Crippen molar-refractivity contribution in [3.05, 3.63) is 28.8 Å². The molecular weight excluding hydrogens is 272 g/mol. The van der Waals surface area contributed by atoms with Gasteiger partial charge in [-0.1, -0.05) is 24.9 Å². The number of benzene rings is 1. The van der Waals surface area contributed by atoms with Gasteiger partial charge in [-0.15, -0.1) is 0 Å². The predicted octanol–water partition coefficient (Wildman–Crippen LogP) is 3.96. The van der Waals surface area contributed by atoms with Gasteiger partial charge in [-0.3, -0.25) is 4.79 Å². The van der Waals surface area contributed by atoms with Crippen molar-refractivity contribution < 1.29 is 4.79 Å². The summed E-state index contributed by atoms with van der Waals surface area (Å²) < 4.78 is 0. The Morgan fingerprint density at radius 2 is 2.00 bits per heavy atom. The number of anilines is 1. The number of carbonyl (C=O) groups excluding carboxylic acids is 1. The zero-order valence-corrected chi connectivity index (χ0v) is 13.0. The lowest BCUT2D eigenvalue weighted by Gasteiger charge is -2.34. The molecule has 0 radical (unpaired) electrons. The molecule has 0 unspecified atom stereocenters. The lowest BCUT2D eigenvalue weighted by molar-refractivity contribution is 0.0675. The van der Waals surface area contributed by atoms with Gasteiger partial charge >= 0.3 is 0 Å². The average Bonchev–Trinajstić information content (AvgIpc) is 2.48. The number of nitrogens with two attached hydrogens (primary N) is 1. The van der Waals surface area contributed by atoms with Crippen LogP contribution in [0.5, 0.6) is 0 Å². The van der Waals surface area contributed by atoms with Crippen LogP contribution in [0.15, 0.2) is 18.2 Å². The highest BCUT2D eigenvalue weighted by Gasteiger charge is 2.27. The van der Waals surface area contributed by atoms with Crippen molar-refractivity contribution in [3.63, 3.8) is 0 Å². The SMILES string of the molecule is CCC1CCC(N(C)C(=O)c2cc(N)ccc2Cl)CC1. The number of carbonyl (C=O) groups is 1. The largest absolute Gasteiger partial charge is 0.399 e. The first-order chi connectivity index (χ1) is 9.52. The van der Waals surface area contributed by atoms with E-state index in [0.717, 1.165) is 18.8 Å². The monoisotopic (exact) mass is 294 g/mol. The second-order valence-corrected chi connectivity index (χ2v) is 6.15. The average molecular weight is 295 g/mol. The van der Waals surface area contributed by atoms with Crippen molar-refractivity contribution in [2.45, 2.75) is 45.1 Å². The van der Waals surface area contributed by atoms with Gasteiger partial charge in [-0.25, -0.2) is 0 Å². The maximum Gasteiger partial charge on any atom is 0.255 e. The lowest BCUT2D eigenvalue weighted by Crippen LogP contribution is -2.39. The van der Waals surface area contributed by atoms with Gasteiger partial charge in [0.15, 0.2) is 0 Å². The molecular formula is C16H23ClN2O. The van der Waals surface area contributed by atoms with E-state index in [4.69, 9.17) is 17.3 Å². The molecule has 1 aromatic rings. The number of rotatable bonds is 3. The number of hydrogen-bond acceptors (Lipinski definition) is 2. The topological polar surface area (TPSA) is 46.3 Å². The highest BCUT2D eigenvalue weighted by atomic mass is 35.5. The molecule has 1 fully saturated rings. The minimum atomic E-state index is -0.0257. The molecule has 3 nitrogen and oxygen atoms in total. The Balaban J connectivity index is 2.07. The third kappa shape index (κ3) is 3.26. The molecule has 0 spiro atoms. The summed E-state index contributed by atoms with van der Waals surface area (Å²) in [5, 5.41) is 0.471. The van der Waals surface area contributed by atoms with Crippen LogP contribution in [0, 0.1) is 5.92 Å².